The quantitative estimate of drug-likeness (QED) is 0.764. The summed E-state index contributed by atoms with van der Waals surface area (Å²) in [5.74, 6) is 1.41. The molecule has 0 aliphatic rings. The summed E-state index contributed by atoms with van der Waals surface area (Å²) in [4.78, 5) is 10.7. The largest absolute Gasteiger partial charge is 0.374 e. The third-order valence-electron chi connectivity index (χ3n) is 3.22. The summed E-state index contributed by atoms with van der Waals surface area (Å²) < 4.78 is 5.34. The zero-order valence-electron chi connectivity index (χ0n) is 12.6. The lowest BCUT2D eigenvalue weighted by Crippen LogP contribution is -2.19. The van der Waals surface area contributed by atoms with E-state index in [-0.39, 0.29) is 0 Å². The Hall–Kier alpha value is -1.65. The molecule has 0 spiro atoms. The van der Waals surface area contributed by atoms with Crippen molar-refractivity contribution < 1.29 is 4.74 Å². The van der Waals surface area contributed by atoms with Crippen molar-refractivity contribution in [1.29, 1.82) is 0 Å². The van der Waals surface area contributed by atoms with E-state index in [1.165, 1.54) is 11.1 Å². The molecule has 0 atom stereocenters. The SMILES string of the molecule is CCOCc1nc(Cl)cc(N(C)Cc2ccccc2C)n1. The maximum Gasteiger partial charge on any atom is 0.158 e. The molecule has 1 aromatic carbocycles. The van der Waals surface area contributed by atoms with Crippen LogP contribution in [0, 0.1) is 6.92 Å². The highest BCUT2D eigenvalue weighted by Crippen LogP contribution is 2.18. The Balaban J connectivity index is 2.16. The normalized spacial score (nSPS) is 10.7. The van der Waals surface area contributed by atoms with Crippen molar-refractivity contribution >= 4 is 17.4 Å². The van der Waals surface area contributed by atoms with Crippen LogP contribution in [-0.2, 0) is 17.9 Å². The summed E-state index contributed by atoms with van der Waals surface area (Å²) in [5, 5.41) is 0.436. The van der Waals surface area contributed by atoms with E-state index in [0.717, 1.165) is 12.4 Å². The smallest absolute Gasteiger partial charge is 0.158 e. The van der Waals surface area contributed by atoms with Crippen molar-refractivity contribution in [2.75, 3.05) is 18.6 Å². The molecule has 4 nitrogen and oxygen atoms in total. The first kappa shape index (κ1) is 15.7. The molecule has 5 heteroatoms. The molecular weight excluding hydrogens is 286 g/mol. The molecule has 0 saturated carbocycles. The predicted molar refractivity (Wildman–Crippen MR) is 85.7 cm³/mol. The van der Waals surface area contributed by atoms with E-state index in [0.29, 0.717) is 24.2 Å². The van der Waals surface area contributed by atoms with Gasteiger partial charge in [-0.15, -0.1) is 0 Å². The topological polar surface area (TPSA) is 38.2 Å². The molecule has 0 aliphatic carbocycles. The number of ether oxygens (including phenoxy) is 1. The van der Waals surface area contributed by atoms with Crippen LogP contribution in [0.4, 0.5) is 5.82 Å². The molecule has 0 radical (unpaired) electrons. The zero-order chi connectivity index (χ0) is 15.2. The summed E-state index contributed by atoms with van der Waals surface area (Å²) in [5.41, 5.74) is 2.53. The van der Waals surface area contributed by atoms with E-state index < -0.39 is 0 Å². The van der Waals surface area contributed by atoms with Crippen LogP contribution in [0.15, 0.2) is 30.3 Å². The maximum atomic E-state index is 6.07. The standard InChI is InChI=1S/C16H20ClN3O/c1-4-21-11-15-18-14(17)9-16(19-15)20(3)10-13-8-6-5-7-12(13)2/h5-9H,4,10-11H2,1-3H3. The maximum absolute atomic E-state index is 6.07. The number of benzene rings is 1. The van der Waals surface area contributed by atoms with Crippen LogP contribution < -0.4 is 4.90 Å². The number of anilines is 1. The van der Waals surface area contributed by atoms with Gasteiger partial charge < -0.3 is 9.64 Å². The minimum atomic E-state index is 0.377. The fraction of sp³-hybridized carbons (Fsp3) is 0.375. The van der Waals surface area contributed by atoms with Gasteiger partial charge in [-0.1, -0.05) is 35.9 Å². The third-order valence-corrected chi connectivity index (χ3v) is 3.42. The van der Waals surface area contributed by atoms with Crippen LogP contribution in [-0.4, -0.2) is 23.6 Å². The summed E-state index contributed by atoms with van der Waals surface area (Å²) in [6.45, 7) is 5.83. The number of nitrogens with zero attached hydrogens (tertiary/aromatic N) is 3. The summed E-state index contributed by atoms with van der Waals surface area (Å²) in [6.07, 6.45) is 0. The number of aromatic nitrogens is 2. The lowest BCUT2D eigenvalue weighted by atomic mass is 10.1. The van der Waals surface area contributed by atoms with E-state index in [1.807, 2.05) is 26.1 Å². The van der Waals surface area contributed by atoms with E-state index in [9.17, 15) is 0 Å². The minimum Gasteiger partial charge on any atom is -0.374 e. The third kappa shape index (κ3) is 4.41. The minimum absolute atomic E-state index is 0.377. The molecule has 2 rings (SSSR count). The molecule has 0 aliphatic heterocycles. The summed E-state index contributed by atoms with van der Waals surface area (Å²) in [6, 6.07) is 10.1. The van der Waals surface area contributed by atoms with Gasteiger partial charge in [0.2, 0.25) is 0 Å². The van der Waals surface area contributed by atoms with Crippen molar-refractivity contribution in [2.24, 2.45) is 0 Å². The van der Waals surface area contributed by atoms with E-state index >= 15 is 0 Å². The highest BCUT2D eigenvalue weighted by molar-refractivity contribution is 6.29. The van der Waals surface area contributed by atoms with Gasteiger partial charge in [-0.25, -0.2) is 9.97 Å². The van der Waals surface area contributed by atoms with Crippen molar-refractivity contribution in [3.63, 3.8) is 0 Å². The van der Waals surface area contributed by atoms with Gasteiger partial charge in [0.05, 0.1) is 0 Å². The van der Waals surface area contributed by atoms with Gasteiger partial charge in [-0.2, -0.15) is 0 Å². The van der Waals surface area contributed by atoms with Gasteiger partial charge in [0.1, 0.15) is 17.6 Å². The Morgan fingerprint density at radius 1 is 1.24 bits per heavy atom. The number of aryl methyl sites for hydroxylation is 1. The molecular formula is C16H20ClN3O. The molecule has 1 heterocycles. The highest BCUT2D eigenvalue weighted by Gasteiger charge is 2.09. The van der Waals surface area contributed by atoms with Gasteiger partial charge in [0, 0.05) is 26.3 Å². The fourth-order valence-corrected chi connectivity index (χ4v) is 2.22. The van der Waals surface area contributed by atoms with Crippen LogP contribution in [0.5, 0.6) is 0 Å². The molecule has 2 aromatic rings. The zero-order valence-corrected chi connectivity index (χ0v) is 13.4. The Labute approximate surface area is 130 Å². The van der Waals surface area contributed by atoms with Gasteiger partial charge in [0.25, 0.3) is 0 Å². The van der Waals surface area contributed by atoms with Gasteiger partial charge in [-0.3, -0.25) is 0 Å². The molecule has 0 fully saturated rings. The van der Waals surface area contributed by atoms with Crippen molar-refractivity contribution in [3.05, 3.63) is 52.4 Å². The second-order valence-electron chi connectivity index (χ2n) is 4.88. The Morgan fingerprint density at radius 2 is 2.00 bits per heavy atom. The number of hydrogen-bond acceptors (Lipinski definition) is 4. The first-order valence-electron chi connectivity index (χ1n) is 6.97. The van der Waals surface area contributed by atoms with Gasteiger partial charge in [-0.05, 0) is 25.0 Å². The van der Waals surface area contributed by atoms with Crippen LogP contribution in [0.2, 0.25) is 5.15 Å². The lowest BCUT2D eigenvalue weighted by molar-refractivity contribution is 0.128. The van der Waals surface area contributed by atoms with Crippen LogP contribution in [0.25, 0.3) is 0 Å². The lowest BCUT2D eigenvalue weighted by Gasteiger charge is -2.20. The molecule has 0 amide bonds. The Bertz CT molecular complexity index is 604. The number of rotatable bonds is 6. The van der Waals surface area contributed by atoms with E-state index in [4.69, 9.17) is 16.3 Å². The molecule has 21 heavy (non-hydrogen) atoms. The molecule has 1 aromatic heterocycles. The summed E-state index contributed by atoms with van der Waals surface area (Å²) in [7, 11) is 2.00. The van der Waals surface area contributed by atoms with Gasteiger partial charge >= 0.3 is 0 Å². The molecule has 0 saturated heterocycles. The van der Waals surface area contributed by atoms with Crippen LogP contribution >= 0.6 is 11.6 Å². The van der Waals surface area contributed by atoms with E-state index in [2.05, 4.69) is 33.9 Å². The Kier molecular flexibility index (Phi) is 5.53. The first-order chi connectivity index (χ1) is 10.1. The second-order valence-corrected chi connectivity index (χ2v) is 5.27. The first-order valence-corrected chi connectivity index (χ1v) is 7.34. The van der Waals surface area contributed by atoms with E-state index in [1.54, 1.807) is 6.07 Å². The average molecular weight is 306 g/mol. The predicted octanol–water partition coefficient (Wildman–Crippen LogP) is 3.61. The number of hydrogen-bond donors (Lipinski definition) is 0. The summed E-state index contributed by atoms with van der Waals surface area (Å²) >= 11 is 6.07. The molecule has 0 bridgehead atoms. The van der Waals surface area contributed by atoms with Crippen LogP contribution in [0.3, 0.4) is 0 Å². The fourth-order valence-electron chi connectivity index (χ4n) is 2.03. The van der Waals surface area contributed by atoms with Crippen molar-refractivity contribution in [1.82, 2.24) is 9.97 Å². The van der Waals surface area contributed by atoms with Crippen molar-refractivity contribution in [2.45, 2.75) is 27.0 Å². The molecule has 0 unspecified atom stereocenters. The Morgan fingerprint density at radius 3 is 2.71 bits per heavy atom. The monoisotopic (exact) mass is 305 g/mol. The van der Waals surface area contributed by atoms with Gasteiger partial charge in [0.15, 0.2) is 5.82 Å². The highest BCUT2D eigenvalue weighted by atomic mass is 35.5. The number of halogens is 1. The average Bonchev–Trinajstić information content (AvgIpc) is 2.47. The van der Waals surface area contributed by atoms with Crippen LogP contribution in [0.1, 0.15) is 23.9 Å². The molecule has 0 N–H and O–H groups in total. The second kappa shape index (κ2) is 7.38. The van der Waals surface area contributed by atoms with Crippen molar-refractivity contribution in [3.8, 4) is 0 Å². The molecule has 112 valence electrons.